The van der Waals surface area contributed by atoms with Crippen LogP contribution in [0.15, 0.2) is 239 Å². The molecule has 292 valence electrons. The normalized spacial score (nSPS) is 11.5. The smallest absolute Gasteiger partial charge is 0.137 e. The minimum atomic E-state index is 0.843. The average molecular weight is 795 g/mol. The standard InChI is InChI=1S/C58H38N2O2/c1-5-19-39(20-6-1)41-35-42-36-47(40-21-7-2-8-22-40)52(60(44-25-11-4-12-26-44)50-30-18-34-56-58(50)46-28-14-16-32-54(46)62-56)38-48(42)51(37-41)59(43-23-9-3-10-24-43)49-29-17-33-55-57(49)45-27-13-15-31-53(45)61-55/h1-38H. The Hall–Kier alpha value is -8.34. The van der Waals surface area contributed by atoms with Crippen molar-refractivity contribution in [3.8, 4) is 22.3 Å². The van der Waals surface area contributed by atoms with Gasteiger partial charge in [0, 0.05) is 33.1 Å². The van der Waals surface area contributed by atoms with Gasteiger partial charge in [-0.1, -0.05) is 146 Å². The summed E-state index contributed by atoms with van der Waals surface area (Å²) in [6, 6.07) is 81.8. The molecule has 2 heterocycles. The second-order valence-electron chi connectivity index (χ2n) is 15.7. The van der Waals surface area contributed by atoms with E-state index < -0.39 is 0 Å². The zero-order valence-electron chi connectivity index (χ0n) is 33.7. The SMILES string of the molecule is c1ccc(-c2cc(N(c3ccccc3)c3cccc4oc5ccccc5c34)c3cc(N(c4ccccc4)c4cccc5oc6ccccc6c45)c(-c4ccccc4)cc3c2)cc1. The Morgan fingerprint density at radius 1 is 0.274 bits per heavy atom. The molecule has 0 unspecified atom stereocenters. The number of fused-ring (bicyclic) bond motifs is 7. The van der Waals surface area contributed by atoms with Gasteiger partial charge in [-0.25, -0.2) is 0 Å². The van der Waals surface area contributed by atoms with Crippen molar-refractivity contribution < 1.29 is 8.83 Å². The van der Waals surface area contributed by atoms with Crippen molar-refractivity contribution >= 4 is 88.8 Å². The fraction of sp³-hybridized carbons (Fsp3) is 0. The molecule has 0 aliphatic heterocycles. The summed E-state index contributed by atoms with van der Waals surface area (Å²) in [5.41, 5.74) is 14.1. The Kier molecular flexibility index (Phi) is 8.46. The Labute approximate surface area is 358 Å². The molecule has 0 N–H and O–H groups in total. The maximum Gasteiger partial charge on any atom is 0.137 e. The molecule has 62 heavy (non-hydrogen) atoms. The molecule has 0 radical (unpaired) electrons. The summed E-state index contributed by atoms with van der Waals surface area (Å²) in [5, 5.41) is 6.49. The van der Waals surface area contributed by atoms with Gasteiger partial charge in [-0.05, 0) is 107 Å². The monoisotopic (exact) mass is 794 g/mol. The third-order valence-electron chi connectivity index (χ3n) is 12.0. The molecule has 12 rings (SSSR count). The Balaban J connectivity index is 1.23. The second-order valence-corrected chi connectivity index (χ2v) is 15.7. The van der Waals surface area contributed by atoms with Crippen LogP contribution in [0.1, 0.15) is 0 Å². The van der Waals surface area contributed by atoms with Crippen LogP contribution < -0.4 is 9.80 Å². The highest BCUT2D eigenvalue weighted by Gasteiger charge is 2.26. The highest BCUT2D eigenvalue weighted by molar-refractivity contribution is 6.17. The molecule has 4 heteroatoms. The van der Waals surface area contributed by atoms with E-state index in [1.54, 1.807) is 0 Å². The first-order valence-corrected chi connectivity index (χ1v) is 21.0. The summed E-state index contributed by atoms with van der Waals surface area (Å²) in [6.45, 7) is 0. The Bertz CT molecular complexity index is 3580. The quantitative estimate of drug-likeness (QED) is 0.153. The molecular formula is C58H38N2O2. The molecule has 0 saturated carbocycles. The van der Waals surface area contributed by atoms with E-state index in [2.05, 4.69) is 228 Å². The molecule has 12 aromatic rings. The topological polar surface area (TPSA) is 32.8 Å². The lowest BCUT2D eigenvalue weighted by molar-refractivity contribution is 0.668. The molecule has 0 aliphatic rings. The first kappa shape index (κ1) is 35.6. The van der Waals surface area contributed by atoms with Crippen LogP contribution in [0.5, 0.6) is 0 Å². The summed E-state index contributed by atoms with van der Waals surface area (Å²) in [4.78, 5) is 4.83. The molecule has 2 aromatic heterocycles. The Morgan fingerprint density at radius 3 is 1.27 bits per heavy atom. The number of hydrogen-bond donors (Lipinski definition) is 0. The van der Waals surface area contributed by atoms with Crippen molar-refractivity contribution in [2.24, 2.45) is 0 Å². The number of benzene rings is 10. The maximum absolute atomic E-state index is 6.53. The number of hydrogen-bond acceptors (Lipinski definition) is 4. The highest BCUT2D eigenvalue weighted by atomic mass is 16.3. The van der Waals surface area contributed by atoms with Gasteiger partial charge >= 0.3 is 0 Å². The van der Waals surface area contributed by atoms with E-state index in [9.17, 15) is 0 Å². The fourth-order valence-corrected chi connectivity index (χ4v) is 9.25. The first-order chi connectivity index (χ1) is 30.8. The molecule has 0 fully saturated rings. The second kappa shape index (κ2) is 14.7. The van der Waals surface area contributed by atoms with Crippen LogP contribution in [0.2, 0.25) is 0 Å². The van der Waals surface area contributed by atoms with E-state index in [0.717, 1.165) is 111 Å². The third-order valence-corrected chi connectivity index (χ3v) is 12.0. The molecule has 0 bridgehead atoms. The summed E-state index contributed by atoms with van der Waals surface area (Å²) in [6.07, 6.45) is 0. The number of para-hydroxylation sites is 4. The molecule has 10 aromatic carbocycles. The van der Waals surface area contributed by atoms with Crippen LogP contribution in [-0.2, 0) is 0 Å². The van der Waals surface area contributed by atoms with Crippen molar-refractivity contribution in [1.82, 2.24) is 0 Å². The number of nitrogens with zero attached hydrogens (tertiary/aromatic N) is 2. The summed E-state index contributed by atoms with van der Waals surface area (Å²) < 4.78 is 13.0. The van der Waals surface area contributed by atoms with Crippen LogP contribution in [0, 0.1) is 0 Å². The fourth-order valence-electron chi connectivity index (χ4n) is 9.25. The highest BCUT2D eigenvalue weighted by Crippen LogP contribution is 2.51. The van der Waals surface area contributed by atoms with E-state index in [-0.39, 0.29) is 0 Å². The van der Waals surface area contributed by atoms with Gasteiger partial charge in [0.25, 0.3) is 0 Å². The van der Waals surface area contributed by atoms with Gasteiger partial charge < -0.3 is 18.6 Å². The summed E-state index contributed by atoms with van der Waals surface area (Å²) >= 11 is 0. The van der Waals surface area contributed by atoms with Gasteiger partial charge in [0.05, 0.1) is 33.5 Å². The van der Waals surface area contributed by atoms with Crippen molar-refractivity contribution in [3.63, 3.8) is 0 Å². The van der Waals surface area contributed by atoms with E-state index in [1.807, 2.05) is 12.1 Å². The van der Waals surface area contributed by atoms with Gasteiger partial charge in [-0.15, -0.1) is 0 Å². The van der Waals surface area contributed by atoms with Crippen molar-refractivity contribution in [1.29, 1.82) is 0 Å². The minimum absolute atomic E-state index is 0.843. The molecule has 0 atom stereocenters. The average Bonchev–Trinajstić information content (AvgIpc) is 3.92. The number of anilines is 6. The number of rotatable bonds is 8. The molecule has 0 amide bonds. The van der Waals surface area contributed by atoms with Crippen LogP contribution in [-0.4, -0.2) is 0 Å². The zero-order chi connectivity index (χ0) is 41.0. The summed E-state index contributed by atoms with van der Waals surface area (Å²) in [7, 11) is 0. The van der Waals surface area contributed by atoms with E-state index in [0.29, 0.717) is 0 Å². The lowest BCUT2D eigenvalue weighted by Crippen LogP contribution is -2.13. The zero-order valence-corrected chi connectivity index (χ0v) is 33.7. The van der Waals surface area contributed by atoms with Crippen LogP contribution in [0.4, 0.5) is 34.1 Å². The molecule has 0 aliphatic carbocycles. The molecule has 4 nitrogen and oxygen atoms in total. The van der Waals surface area contributed by atoms with E-state index in [4.69, 9.17) is 8.83 Å². The maximum atomic E-state index is 6.53. The van der Waals surface area contributed by atoms with Crippen molar-refractivity contribution in [2.45, 2.75) is 0 Å². The van der Waals surface area contributed by atoms with Crippen molar-refractivity contribution in [3.05, 3.63) is 231 Å². The largest absolute Gasteiger partial charge is 0.456 e. The van der Waals surface area contributed by atoms with Crippen LogP contribution in [0.3, 0.4) is 0 Å². The van der Waals surface area contributed by atoms with E-state index in [1.165, 1.54) is 0 Å². The predicted octanol–water partition coefficient (Wildman–Crippen LogP) is 16.9. The molecule has 0 saturated heterocycles. The number of furan rings is 2. The molecule has 0 spiro atoms. The van der Waals surface area contributed by atoms with Crippen LogP contribution in [0.25, 0.3) is 76.9 Å². The van der Waals surface area contributed by atoms with Gasteiger partial charge in [-0.2, -0.15) is 0 Å². The minimum Gasteiger partial charge on any atom is -0.456 e. The van der Waals surface area contributed by atoms with E-state index >= 15 is 0 Å². The van der Waals surface area contributed by atoms with Gasteiger partial charge in [0.1, 0.15) is 22.3 Å². The van der Waals surface area contributed by atoms with Gasteiger partial charge in [0.2, 0.25) is 0 Å². The van der Waals surface area contributed by atoms with Crippen LogP contribution >= 0.6 is 0 Å². The first-order valence-electron chi connectivity index (χ1n) is 21.0. The lowest BCUT2D eigenvalue weighted by Gasteiger charge is -2.31. The molecular weight excluding hydrogens is 757 g/mol. The van der Waals surface area contributed by atoms with Gasteiger partial charge in [-0.3, -0.25) is 0 Å². The lowest BCUT2D eigenvalue weighted by atomic mass is 9.93. The summed E-state index contributed by atoms with van der Waals surface area (Å²) in [5.74, 6) is 0. The predicted molar refractivity (Wildman–Crippen MR) is 259 cm³/mol. The van der Waals surface area contributed by atoms with Crippen molar-refractivity contribution in [2.75, 3.05) is 9.80 Å². The Morgan fingerprint density at radius 2 is 0.726 bits per heavy atom. The van der Waals surface area contributed by atoms with Gasteiger partial charge in [0.15, 0.2) is 0 Å². The third kappa shape index (κ3) is 5.92.